The second-order valence-electron chi connectivity index (χ2n) is 7.06. The van der Waals surface area contributed by atoms with Gasteiger partial charge in [0.05, 0.1) is 36.5 Å². The molecule has 1 N–H and O–H groups in total. The molecule has 0 unspecified atom stereocenters. The minimum absolute atomic E-state index is 0.0865. The summed E-state index contributed by atoms with van der Waals surface area (Å²) in [5.41, 5.74) is 4.48. The van der Waals surface area contributed by atoms with Crippen LogP contribution in [0.5, 0.6) is 17.2 Å². The number of aromatic nitrogens is 3. The number of nitrogens with zero attached hydrogens (tertiary/aromatic N) is 3. The van der Waals surface area contributed by atoms with E-state index in [0.717, 1.165) is 16.7 Å². The van der Waals surface area contributed by atoms with Gasteiger partial charge in [-0.2, -0.15) is 5.10 Å². The number of methoxy groups -OCH3 is 2. The maximum atomic E-state index is 13.2. The van der Waals surface area contributed by atoms with Crippen molar-refractivity contribution >= 4 is 28.5 Å². The monoisotopic (exact) mass is 417 g/mol. The van der Waals surface area contributed by atoms with E-state index >= 15 is 0 Å². The first-order chi connectivity index (χ1) is 15.0. The predicted octanol–water partition coefficient (Wildman–Crippen LogP) is 4.40. The minimum atomic E-state index is -0.174. The van der Waals surface area contributed by atoms with Crippen molar-refractivity contribution in [1.29, 1.82) is 0 Å². The second-order valence-corrected chi connectivity index (χ2v) is 7.06. The van der Waals surface area contributed by atoms with Crippen molar-refractivity contribution in [3.63, 3.8) is 0 Å². The van der Waals surface area contributed by atoms with Crippen LogP contribution in [0.3, 0.4) is 0 Å². The molecule has 0 spiro atoms. The maximum absolute atomic E-state index is 13.2. The molecule has 0 fully saturated rings. The summed E-state index contributed by atoms with van der Waals surface area (Å²) in [6, 6.07) is 11.2. The molecule has 0 bridgehead atoms. The van der Waals surface area contributed by atoms with Gasteiger partial charge in [0.15, 0.2) is 17.3 Å². The molecule has 2 aromatic carbocycles. The maximum Gasteiger partial charge on any atom is 0.200 e. The Hall–Kier alpha value is -4.00. The lowest BCUT2D eigenvalue weighted by molar-refractivity contribution is 0.104. The van der Waals surface area contributed by atoms with Crippen LogP contribution in [-0.4, -0.2) is 39.3 Å². The number of phenols is 1. The number of para-hydroxylation sites is 2. The lowest BCUT2D eigenvalue weighted by atomic mass is 10.1. The van der Waals surface area contributed by atoms with Crippen LogP contribution in [0.25, 0.3) is 22.8 Å². The molecule has 0 atom stereocenters. The summed E-state index contributed by atoms with van der Waals surface area (Å²) in [5.74, 6) is 0.270. The highest BCUT2D eigenvalue weighted by molar-refractivity contribution is 6.12. The number of rotatable bonds is 7. The van der Waals surface area contributed by atoms with Crippen LogP contribution in [0.2, 0.25) is 0 Å². The van der Waals surface area contributed by atoms with Gasteiger partial charge in [0.25, 0.3) is 0 Å². The van der Waals surface area contributed by atoms with Crippen LogP contribution in [0.1, 0.15) is 21.6 Å². The molecule has 7 nitrogen and oxygen atoms in total. The zero-order valence-corrected chi connectivity index (χ0v) is 17.6. The summed E-state index contributed by atoms with van der Waals surface area (Å²) in [7, 11) is 2.91. The van der Waals surface area contributed by atoms with E-state index < -0.39 is 0 Å². The van der Waals surface area contributed by atoms with E-state index in [2.05, 4.69) is 11.7 Å². The fraction of sp³-hybridized carbons (Fsp3) is 0.167. The third kappa shape index (κ3) is 3.34. The Morgan fingerprint density at radius 2 is 1.81 bits per heavy atom. The largest absolute Gasteiger partial charge is 0.502 e. The number of aromatic hydroxyl groups is 1. The third-order valence-corrected chi connectivity index (χ3v) is 5.18. The molecule has 0 amide bonds. The third-order valence-electron chi connectivity index (χ3n) is 5.18. The molecule has 0 aliphatic heterocycles. The van der Waals surface area contributed by atoms with Crippen LogP contribution in [0.15, 0.2) is 55.1 Å². The number of hydrogen-bond donors (Lipinski definition) is 1. The van der Waals surface area contributed by atoms with Crippen LogP contribution in [0, 0.1) is 6.92 Å². The quantitative estimate of drug-likeness (QED) is 0.274. The lowest BCUT2D eigenvalue weighted by Crippen LogP contribution is -2.02. The molecular formula is C24H23N3O4. The van der Waals surface area contributed by atoms with E-state index in [-0.39, 0.29) is 23.0 Å². The van der Waals surface area contributed by atoms with Gasteiger partial charge in [-0.05, 0) is 42.8 Å². The van der Waals surface area contributed by atoms with Crippen LogP contribution < -0.4 is 9.47 Å². The number of imidazole rings is 1. The standard InChI is InChI=1S/C24H23N3O4/c1-5-12-26-17-8-6-7-9-18(17)27-24(26)22(15(2)25-27)19(28)11-10-16-13-20(30-3)23(29)21(14-16)31-4/h5-11,13-14,29H,1,12H2,2-4H3. The molecule has 2 heterocycles. The van der Waals surface area contributed by atoms with Crippen LogP contribution >= 0.6 is 0 Å². The first-order valence-corrected chi connectivity index (χ1v) is 9.75. The predicted molar refractivity (Wildman–Crippen MR) is 120 cm³/mol. The second kappa shape index (κ2) is 8.02. The Labute approximate surface area is 179 Å². The summed E-state index contributed by atoms with van der Waals surface area (Å²) in [6.07, 6.45) is 4.95. The highest BCUT2D eigenvalue weighted by atomic mass is 16.5. The summed E-state index contributed by atoms with van der Waals surface area (Å²) in [6.45, 7) is 6.23. The highest BCUT2D eigenvalue weighted by Crippen LogP contribution is 2.37. The highest BCUT2D eigenvalue weighted by Gasteiger charge is 2.22. The topological polar surface area (TPSA) is 78.0 Å². The van der Waals surface area contributed by atoms with Gasteiger partial charge in [-0.3, -0.25) is 4.79 Å². The van der Waals surface area contributed by atoms with Crippen LogP contribution in [0.4, 0.5) is 0 Å². The van der Waals surface area contributed by atoms with Crippen molar-refractivity contribution in [2.24, 2.45) is 0 Å². The molecule has 0 saturated carbocycles. The van der Waals surface area contributed by atoms with Gasteiger partial charge in [0.1, 0.15) is 5.65 Å². The Bertz CT molecular complexity index is 1320. The summed E-state index contributed by atoms with van der Waals surface area (Å²) in [4.78, 5) is 13.2. The Morgan fingerprint density at radius 1 is 1.16 bits per heavy atom. The fourth-order valence-corrected chi connectivity index (χ4v) is 3.79. The van der Waals surface area contributed by atoms with Crippen molar-refractivity contribution in [1.82, 2.24) is 14.2 Å². The van der Waals surface area contributed by atoms with Gasteiger partial charge in [0, 0.05) is 6.54 Å². The molecule has 0 radical (unpaired) electrons. The number of allylic oxidation sites excluding steroid dienone is 2. The average molecular weight is 417 g/mol. The van der Waals surface area contributed by atoms with Gasteiger partial charge in [0.2, 0.25) is 5.75 Å². The number of ether oxygens (including phenoxy) is 2. The van der Waals surface area contributed by atoms with E-state index in [1.54, 1.807) is 24.3 Å². The van der Waals surface area contributed by atoms with Crippen molar-refractivity contribution < 1.29 is 19.4 Å². The summed E-state index contributed by atoms with van der Waals surface area (Å²) < 4.78 is 14.2. The molecule has 0 aliphatic carbocycles. The molecule has 4 aromatic rings. The summed E-state index contributed by atoms with van der Waals surface area (Å²) >= 11 is 0. The number of carbonyl (C=O) groups is 1. The van der Waals surface area contributed by atoms with Crippen molar-refractivity contribution in [2.45, 2.75) is 13.5 Å². The molecule has 0 saturated heterocycles. The van der Waals surface area contributed by atoms with Gasteiger partial charge in [-0.25, -0.2) is 4.52 Å². The molecule has 7 heteroatoms. The van der Waals surface area contributed by atoms with E-state index in [1.807, 2.05) is 40.3 Å². The van der Waals surface area contributed by atoms with E-state index in [4.69, 9.17) is 9.47 Å². The first-order valence-electron chi connectivity index (χ1n) is 9.75. The number of phenolic OH excluding ortho intramolecular Hbond substituents is 1. The Balaban J connectivity index is 1.82. The first kappa shape index (κ1) is 20.3. The lowest BCUT2D eigenvalue weighted by Gasteiger charge is -2.09. The van der Waals surface area contributed by atoms with Gasteiger partial charge >= 0.3 is 0 Å². The van der Waals surface area contributed by atoms with Gasteiger partial charge in [-0.15, -0.1) is 6.58 Å². The zero-order valence-electron chi connectivity index (χ0n) is 17.6. The molecular weight excluding hydrogens is 394 g/mol. The number of aryl methyl sites for hydroxylation is 1. The number of hydrogen-bond acceptors (Lipinski definition) is 5. The number of carbonyl (C=O) groups excluding carboxylic acids is 1. The zero-order chi connectivity index (χ0) is 22.1. The molecule has 4 rings (SSSR count). The van der Waals surface area contributed by atoms with E-state index in [9.17, 15) is 9.90 Å². The molecule has 158 valence electrons. The molecule has 2 aromatic heterocycles. The SMILES string of the molecule is C=CCn1c2ccccc2n2nc(C)c(C(=O)C=Cc3cc(OC)c(O)c(OC)c3)c12. The molecule has 31 heavy (non-hydrogen) atoms. The summed E-state index contributed by atoms with van der Waals surface area (Å²) in [5, 5.41) is 14.7. The number of fused-ring (bicyclic) bond motifs is 3. The number of benzene rings is 2. The van der Waals surface area contributed by atoms with Crippen molar-refractivity contribution in [2.75, 3.05) is 14.2 Å². The van der Waals surface area contributed by atoms with Crippen LogP contribution in [-0.2, 0) is 6.54 Å². The van der Waals surface area contributed by atoms with E-state index in [0.29, 0.717) is 23.4 Å². The smallest absolute Gasteiger partial charge is 0.200 e. The van der Waals surface area contributed by atoms with Gasteiger partial charge in [-0.1, -0.05) is 24.3 Å². The van der Waals surface area contributed by atoms with Crippen molar-refractivity contribution in [3.05, 3.63) is 72.0 Å². The van der Waals surface area contributed by atoms with Crippen molar-refractivity contribution in [3.8, 4) is 17.2 Å². The normalized spacial score (nSPS) is 11.5. The molecule has 0 aliphatic rings. The fourth-order valence-electron chi connectivity index (χ4n) is 3.79. The van der Waals surface area contributed by atoms with Gasteiger partial charge < -0.3 is 19.1 Å². The number of ketones is 1. The minimum Gasteiger partial charge on any atom is -0.502 e. The Kier molecular flexibility index (Phi) is 5.25. The van der Waals surface area contributed by atoms with E-state index in [1.165, 1.54) is 20.3 Å². The average Bonchev–Trinajstić information content (AvgIpc) is 3.26. The Morgan fingerprint density at radius 3 is 2.42 bits per heavy atom.